The van der Waals surface area contributed by atoms with Crippen molar-refractivity contribution in [3.8, 4) is 0 Å². The highest BCUT2D eigenvalue weighted by Crippen LogP contribution is 2.25. The van der Waals surface area contributed by atoms with Crippen molar-refractivity contribution in [1.29, 1.82) is 0 Å². The molecule has 0 aliphatic rings. The van der Waals surface area contributed by atoms with Crippen molar-refractivity contribution in [2.45, 2.75) is 6.10 Å². The molecule has 80 valence electrons. The first-order valence-electron chi connectivity index (χ1n) is 5.10. The number of fused-ring (bicyclic) bond motifs is 1. The highest BCUT2D eigenvalue weighted by molar-refractivity contribution is 5.84. The van der Waals surface area contributed by atoms with E-state index >= 15 is 0 Å². The average molecular weight is 204 g/mol. The van der Waals surface area contributed by atoms with Gasteiger partial charge in [0.1, 0.15) is 0 Å². The van der Waals surface area contributed by atoms with Gasteiger partial charge in [-0.1, -0.05) is 18.2 Å². The van der Waals surface area contributed by atoms with Crippen LogP contribution < -0.4 is 5.32 Å². The van der Waals surface area contributed by atoms with Gasteiger partial charge in [0.2, 0.25) is 0 Å². The minimum absolute atomic E-state index is 0.443. The number of aliphatic hydroxyl groups is 1. The van der Waals surface area contributed by atoms with Crippen LogP contribution in [-0.4, -0.2) is 23.3 Å². The molecule has 2 N–H and O–H groups in total. The summed E-state index contributed by atoms with van der Waals surface area (Å²) in [7, 11) is 3.84. The number of hydrogen-bond acceptors (Lipinski definition) is 2. The van der Waals surface area contributed by atoms with E-state index in [-0.39, 0.29) is 0 Å². The molecule has 0 spiro atoms. The zero-order valence-electron chi connectivity index (χ0n) is 9.07. The van der Waals surface area contributed by atoms with Gasteiger partial charge in [-0.2, -0.15) is 0 Å². The number of aryl methyl sites for hydroxylation is 1. The summed E-state index contributed by atoms with van der Waals surface area (Å²) in [5.41, 5.74) is 2.14. The quantitative estimate of drug-likeness (QED) is 0.793. The van der Waals surface area contributed by atoms with Gasteiger partial charge in [0.15, 0.2) is 0 Å². The minimum Gasteiger partial charge on any atom is -0.387 e. The Balaban J connectivity index is 2.52. The Morgan fingerprint density at radius 2 is 2.13 bits per heavy atom. The fourth-order valence-electron chi connectivity index (χ4n) is 1.94. The smallest absolute Gasteiger partial charge is 0.0934 e. The number of hydrogen-bond donors (Lipinski definition) is 2. The van der Waals surface area contributed by atoms with Crippen molar-refractivity contribution < 1.29 is 5.11 Å². The molecule has 0 bridgehead atoms. The Morgan fingerprint density at radius 1 is 1.40 bits per heavy atom. The van der Waals surface area contributed by atoms with Crippen LogP contribution in [0, 0.1) is 0 Å². The largest absolute Gasteiger partial charge is 0.387 e. The van der Waals surface area contributed by atoms with E-state index in [1.165, 1.54) is 0 Å². The lowest BCUT2D eigenvalue weighted by molar-refractivity contribution is 0.179. The van der Waals surface area contributed by atoms with Crippen LogP contribution in [0.1, 0.15) is 11.7 Å². The van der Waals surface area contributed by atoms with Crippen molar-refractivity contribution in [2.24, 2.45) is 7.05 Å². The number of rotatable bonds is 3. The van der Waals surface area contributed by atoms with Gasteiger partial charge in [-0.25, -0.2) is 0 Å². The van der Waals surface area contributed by atoms with Gasteiger partial charge in [-0.3, -0.25) is 0 Å². The second-order valence-corrected chi connectivity index (χ2v) is 3.79. The molecule has 0 amide bonds. The number of likely N-dealkylation sites (N-methyl/N-ethyl adjacent to an activating group) is 1. The summed E-state index contributed by atoms with van der Waals surface area (Å²) in [6.07, 6.45) is 1.55. The van der Waals surface area contributed by atoms with E-state index in [4.69, 9.17) is 0 Å². The molecular weight excluding hydrogens is 188 g/mol. The van der Waals surface area contributed by atoms with Crippen LogP contribution in [0.4, 0.5) is 0 Å². The van der Waals surface area contributed by atoms with Crippen LogP contribution in [0.5, 0.6) is 0 Å². The van der Waals surface area contributed by atoms with E-state index < -0.39 is 6.10 Å². The van der Waals surface area contributed by atoms with Crippen LogP contribution in [0.3, 0.4) is 0 Å². The third-order valence-corrected chi connectivity index (χ3v) is 2.68. The van der Waals surface area contributed by atoms with Gasteiger partial charge in [0.25, 0.3) is 0 Å². The van der Waals surface area contributed by atoms with E-state index in [1.54, 1.807) is 0 Å². The highest BCUT2D eigenvalue weighted by atomic mass is 16.3. The highest BCUT2D eigenvalue weighted by Gasteiger charge is 2.12. The van der Waals surface area contributed by atoms with Crippen LogP contribution >= 0.6 is 0 Å². The molecule has 0 saturated carbocycles. The van der Waals surface area contributed by atoms with Crippen LogP contribution in [0.2, 0.25) is 0 Å². The maximum Gasteiger partial charge on any atom is 0.0934 e. The van der Waals surface area contributed by atoms with E-state index in [1.807, 2.05) is 43.1 Å². The monoisotopic (exact) mass is 204 g/mol. The van der Waals surface area contributed by atoms with E-state index in [2.05, 4.69) is 11.4 Å². The third-order valence-electron chi connectivity index (χ3n) is 2.68. The molecule has 1 unspecified atom stereocenters. The Labute approximate surface area is 89.3 Å². The molecule has 3 nitrogen and oxygen atoms in total. The van der Waals surface area contributed by atoms with Crippen molar-refractivity contribution in [3.05, 3.63) is 36.0 Å². The number of para-hydroxylation sites is 1. The fourth-order valence-corrected chi connectivity index (χ4v) is 1.94. The van der Waals surface area contributed by atoms with Gasteiger partial charge in [-0.05, 0) is 13.1 Å². The van der Waals surface area contributed by atoms with E-state index in [0.29, 0.717) is 6.54 Å². The summed E-state index contributed by atoms with van der Waals surface area (Å²) >= 11 is 0. The molecule has 1 atom stereocenters. The standard InChI is InChI=1S/C12H16N2O/c1-13-7-12(15)10-8-14(2)11-6-4-3-5-9(10)11/h3-6,8,12-13,15H,7H2,1-2H3. The van der Waals surface area contributed by atoms with Gasteiger partial charge >= 0.3 is 0 Å². The average Bonchev–Trinajstić information content (AvgIpc) is 2.58. The summed E-state index contributed by atoms with van der Waals surface area (Å²) < 4.78 is 2.05. The minimum atomic E-state index is -0.443. The first-order chi connectivity index (χ1) is 7.24. The van der Waals surface area contributed by atoms with Crippen molar-refractivity contribution in [3.63, 3.8) is 0 Å². The Hall–Kier alpha value is -1.32. The summed E-state index contributed by atoms with van der Waals surface area (Å²) in [4.78, 5) is 0. The molecule has 1 heterocycles. The van der Waals surface area contributed by atoms with Crippen molar-refractivity contribution >= 4 is 10.9 Å². The van der Waals surface area contributed by atoms with Crippen molar-refractivity contribution in [2.75, 3.05) is 13.6 Å². The number of nitrogens with zero attached hydrogens (tertiary/aromatic N) is 1. The second-order valence-electron chi connectivity index (χ2n) is 3.79. The number of aliphatic hydroxyl groups excluding tert-OH is 1. The predicted octanol–water partition coefficient (Wildman–Crippen LogP) is 1.43. The van der Waals surface area contributed by atoms with Gasteiger partial charge in [0.05, 0.1) is 6.10 Å². The van der Waals surface area contributed by atoms with Crippen LogP contribution in [0.15, 0.2) is 30.5 Å². The molecule has 0 fully saturated rings. The zero-order valence-corrected chi connectivity index (χ0v) is 9.07. The lowest BCUT2D eigenvalue weighted by Crippen LogP contribution is -2.16. The molecule has 2 aromatic rings. The summed E-state index contributed by atoms with van der Waals surface area (Å²) in [6.45, 7) is 0.577. The van der Waals surface area contributed by atoms with Crippen LogP contribution in [0.25, 0.3) is 10.9 Å². The maximum atomic E-state index is 9.96. The number of nitrogens with one attached hydrogen (secondary N) is 1. The lowest BCUT2D eigenvalue weighted by Gasteiger charge is -2.08. The molecule has 0 saturated heterocycles. The first-order valence-corrected chi connectivity index (χ1v) is 5.10. The first kappa shape index (κ1) is 10.2. The van der Waals surface area contributed by atoms with E-state index in [0.717, 1.165) is 16.5 Å². The number of benzene rings is 1. The molecule has 3 heteroatoms. The molecule has 0 aliphatic heterocycles. The molecule has 1 aromatic carbocycles. The second kappa shape index (κ2) is 4.04. The topological polar surface area (TPSA) is 37.2 Å². The third kappa shape index (κ3) is 1.76. The predicted molar refractivity (Wildman–Crippen MR) is 61.8 cm³/mol. The molecule has 2 rings (SSSR count). The molecular formula is C12H16N2O. The van der Waals surface area contributed by atoms with Gasteiger partial charge in [-0.15, -0.1) is 0 Å². The van der Waals surface area contributed by atoms with Crippen molar-refractivity contribution in [1.82, 2.24) is 9.88 Å². The molecule has 15 heavy (non-hydrogen) atoms. The maximum absolute atomic E-state index is 9.96. The molecule has 0 aliphatic carbocycles. The SMILES string of the molecule is CNCC(O)c1cn(C)c2ccccc12. The Bertz CT molecular complexity index is 462. The van der Waals surface area contributed by atoms with Gasteiger partial charge in [0, 0.05) is 36.3 Å². The Kier molecular flexibility index (Phi) is 2.75. The molecule has 1 aromatic heterocycles. The normalized spacial score (nSPS) is 13.3. The van der Waals surface area contributed by atoms with E-state index in [9.17, 15) is 5.11 Å². The summed E-state index contributed by atoms with van der Waals surface area (Å²) in [6, 6.07) is 8.11. The summed E-state index contributed by atoms with van der Waals surface area (Å²) in [5.74, 6) is 0. The zero-order chi connectivity index (χ0) is 10.8. The summed E-state index contributed by atoms with van der Waals surface area (Å²) in [5, 5.41) is 14.1. The Morgan fingerprint density at radius 3 is 2.87 bits per heavy atom. The van der Waals surface area contributed by atoms with Crippen LogP contribution in [-0.2, 0) is 7.05 Å². The molecule has 0 radical (unpaired) electrons. The lowest BCUT2D eigenvalue weighted by atomic mass is 10.1. The van der Waals surface area contributed by atoms with Gasteiger partial charge < -0.3 is 15.0 Å². The number of aromatic nitrogens is 1. The fraction of sp³-hybridized carbons (Fsp3) is 0.333.